The van der Waals surface area contributed by atoms with E-state index in [4.69, 9.17) is 10.3 Å². The van der Waals surface area contributed by atoms with Gasteiger partial charge in [-0.3, -0.25) is 4.98 Å². The van der Waals surface area contributed by atoms with Crippen LogP contribution >= 0.6 is 12.4 Å². The molecule has 0 saturated carbocycles. The number of hydrogen-bond acceptors (Lipinski definition) is 5. The van der Waals surface area contributed by atoms with E-state index < -0.39 is 0 Å². The number of nitrogens with two attached hydrogens (primary N) is 1. The highest BCUT2D eigenvalue weighted by molar-refractivity contribution is 5.85. The molecule has 0 unspecified atom stereocenters. The molecule has 80 valence electrons. The van der Waals surface area contributed by atoms with Gasteiger partial charge < -0.3 is 10.3 Å². The molecule has 6 heteroatoms. The van der Waals surface area contributed by atoms with Gasteiger partial charge in [-0.2, -0.15) is 4.98 Å². The van der Waals surface area contributed by atoms with Crippen molar-refractivity contribution >= 4 is 12.4 Å². The monoisotopic (exact) mass is 226 g/mol. The van der Waals surface area contributed by atoms with Crippen molar-refractivity contribution in [2.45, 2.75) is 6.42 Å². The number of rotatable bonds is 3. The van der Waals surface area contributed by atoms with Gasteiger partial charge in [-0.25, -0.2) is 0 Å². The molecule has 0 aliphatic heterocycles. The van der Waals surface area contributed by atoms with E-state index in [1.807, 2.05) is 18.2 Å². The summed E-state index contributed by atoms with van der Waals surface area (Å²) in [5.41, 5.74) is 6.05. The first-order chi connectivity index (χ1) is 6.90. The van der Waals surface area contributed by atoms with Gasteiger partial charge in [0.1, 0.15) is 5.69 Å². The van der Waals surface area contributed by atoms with Gasteiger partial charge in [0.05, 0.1) is 0 Å². The van der Waals surface area contributed by atoms with Crippen LogP contribution in [0.15, 0.2) is 28.9 Å². The van der Waals surface area contributed by atoms with E-state index in [1.54, 1.807) is 6.20 Å². The minimum absolute atomic E-state index is 0. The van der Waals surface area contributed by atoms with Crippen molar-refractivity contribution in [2.24, 2.45) is 5.73 Å². The second-order valence-corrected chi connectivity index (χ2v) is 2.77. The van der Waals surface area contributed by atoms with Crippen LogP contribution < -0.4 is 5.73 Å². The lowest BCUT2D eigenvalue weighted by Crippen LogP contribution is -2.03. The molecule has 0 bridgehead atoms. The minimum atomic E-state index is 0. The SMILES string of the molecule is Cl.NCCc1noc(-c2ccccn2)n1. The second-order valence-electron chi connectivity index (χ2n) is 2.77. The maximum atomic E-state index is 5.37. The van der Waals surface area contributed by atoms with Crippen LogP contribution in [0.1, 0.15) is 5.82 Å². The highest BCUT2D eigenvalue weighted by Gasteiger charge is 2.07. The Kier molecular flexibility index (Phi) is 4.20. The zero-order chi connectivity index (χ0) is 9.80. The van der Waals surface area contributed by atoms with Gasteiger partial charge in [-0.1, -0.05) is 11.2 Å². The van der Waals surface area contributed by atoms with Crippen molar-refractivity contribution in [3.05, 3.63) is 30.2 Å². The normalized spacial score (nSPS) is 9.67. The van der Waals surface area contributed by atoms with Crippen LogP contribution in [0.5, 0.6) is 0 Å². The van der Waals surface area contributed by atoms with Gasteiger partial charge in [0.2, 0.25) is 0 Å². The molecule has 15 heavy (non-hydrogen) atoms. The van der Waals surface area contributed by atoms with Crippen molar-refractivity contribution in [2.75, 3.05) is 6.54 Å². The molecular formula is C9H11ClN4O. The smallest absolute Gasteiger partial charge is 0.276 e. The summed E-state index contributed by atoms with van der Waals surface area (Å²) in [6.07, 6.45) is 2.30. The van der Waals surface area contributed by atoms with Gasteiger partial charge in [-0.15, -0.1) is 12.4 Å². The van der Waals surface area contributed by atoms with Crippen molar-refractivity contribution in [3.63, 3.8) is 0 Å². The molecule has 0 atom stereocenters. The lowest BCUT2D eigenvalue weighted by atomic mass is 10.3. The second kappa shape index (κ2) is 5.43. The molecule has 2 rings (SSSR count). The molecule has 2 N–H and O–H groups in total. The minimum Gasteiger partial charge on any atom is -0.332 e. The summed E-state index contributed by atoms with van der Waals surface area (Å²) >= 11 is 0. The fraction of sp³-hybridized carbons (Fsp3) is 0.222. The van der Waals surface area contributed by atoms with Crippen molar-refractivity contribution in [1.82, 2.24) is 15.1 Å². The fourth-order valence-electron chi connectivity index (χ4n) is 1.08. The first kappa shape index (κ1) is 11.6. The summed E-state index contributed by atoms with van der Waals surface area (Å²) in [6.45, 7) is 0.515. The molecule has 2 heterocycles. The van der Waals surface area contributed by atoms with Crippen LogP contribution in [-0.4, -0.2) is 21.7 Å². The molecule has 0 aliphatic carbocycles. The molecule has 2 aromatic rings. The molecule has 0 saturated heterocycles. The zero-order valence-corrected chi connectivity index (χ0v) is 8.78. The molecule has 0 amide bonds. The van der Waals surface area contributed by atoms with E-state index >= 15 is 0 Å². The summed E-state index contributed by atoms with van der Waals surface area (Å²) in [6, 6.07) is 5.52. The Balaban J connectivity index is 0.00000112. The number of aromatic nitrogens is 3. The average Bonchev–Trinajstić information content (AvgIpc) is 2.68. The molecule has 0 aromatic carbocycles. The predicted octanol–water partition coefficient (Wildman–Crippen LogP) is 1.05. The summed E-state index contributed by atoms with van der Waals surface area (Å²) in [7, 11) is 0. The number of nitrogens with zero attached hydrogens (tertiary/aromatic N) is 3. The molecule has 2 aromatic heterocycles. The fourth-order valence-corrected chi connectivity index (χ4v) is 1.08. The maximum absolute atomic E-state index is 5.37. The summed E-state index contributed by atoms with van der Waals surface area (Å²) in [5.74, 6) is 1.06. The van der Waals surface area contributed by atoms with E-state index in [-0.39, 0.29) is 12.4 Å². The van der Waals surface area contributed by atoms with Gasteiger partial charge in [0, 0.05) is 12.6 Å². The highest BCUT2D eigenvalue weighted by atomic mass is 35.5. The third-order valence-electron chi connectivity index (χ3n) is 1.72. The Labute approximate surface area is 93.1 Å². The van der Waals surface area contributed by atoms with Crippen LogP contribution in [0, 0.1) is 0 Å². The predicted molar refractivity (Wildman–Crippen MR) is 57.5 cm³/mol. The third kappa shape index (κ3) is 2.74. The molecule has 0 radical (unpaired) electrons. The van der Waals surface area contributed by atoms with Gasteiger partial charge in [0.25, 0.3) is 5.89 Å². The van der Waals surface area contributed by atoms with Crippen LogP contribution in [0.2, 0.25) is 0 Å². The van der Waals surface area contributed by atoms with E-state index in [0.29, 0.717) is 30.4 Å². The van der Waals surface area contributed by atoms with Crippen molar-refractivity contribution < 1.29 is 4.52 Å². The Hall–Kier alpha value is -1.46. The quantitative estimate of drug-likeness (QED) is 0.847. The van der Waals surface area contributed by atoms with Crippen LogP contribution in [0.4, 0.5) is 0 Å². The Morgan fingerprint density at radius 1 is 1.33 bits per heavy atom. The zero-order valence-electron chi connectivity index (χ0n) is 7.96. The highest BCUT2D eigenvalue weighted by Crippen LogP contribution is 2.12. The summed E-state index contributed by atoms with van der Waals surface area (Å²) in [4.78, 5) is 8.24. The summed E-state index contributed by atoms with van der Waals surface area (Å²) in [5, 5.41) is 3.78. The third-order valence-corrected chi connectivity index (χ3v) is 1.72. The Morgan fingerprint density at radius 2 is 2.20 bits per heavy atom. The summed E-state index contributed by atoms with van der Waals surface area (Å²) < 4.78 is 5.02. The number of hydrogen-bond donors (Lipinski definition) is 1. The first-order valence-electron chi connectivity index (χ1n) is 4.34. The van der Waals surface area contributed by atoms with Crippen LogP contribution in [0.25, 0.3) is 11.6 Å². The van der Waals surface area contributed by atoms with Gasteiger partial charge in [-0.05, 0) is 18.7 Å². The standard InChI is InChI=1S/C9H10N4O.ClH/c10-5-4-8-12-9(14-13-8)7-3-1-2-6-11-7;/h1-3,6H,4-5,10H2;1H. The lowest BCUT2D eigenvalue weighted by molar-refractivity contribution is 0.421. The number of pyridine rings is 1. The Morgan fingerprint density at radius 3 is 2.87 bits per heavy atom. The largest absolute Gasteiger partial charge is 0.332 e. The van der Waals surface area contributed by atoms with Gasteiger partial charge in [0.15, 0.2) is 5.82 Å². The number of halogens is 1. The molecule has 5 nitrogen and oxygen atoms in total. The molecule has 0 spiro atoms. The Bertz CT molecular complexity index is 404. The van der Waals surface area contributed by atoms with E-state index in [1.165, 1.54) is 0 Å². The average molecular weight is 227 g/mol. The topological polar surface area (TPSA) is 77.8 Å². The molecule has 0 aliphatic rings. The lowest BCUT2D eigenvalue weighted by Gasteiger charge is -1.89. The van der Waals surface area contributed by atoms with Crippen molar-refractivity contribution in [3.8, 4) is 11.6 Å². The van der Waals surface area contributed by atoms with Gasteiger partial charge >= 0.3 is 0 Å². The van der Waals surface area contributed by atoms with Crippen molar-refractivity contribution in [1.29, 1.82) is 0 Å². The van der Waals surface area contributed by atoms with E-state index in [0.717, 1.165) is 0 Å². The van der Waals surface area contributed by atoms with E-state index in [2.05, 4.69) is 15.1 Å². The van der Waals surface area contributed by atoms with Crippen LogP contribution in [0.3, 0.4) is 0 Å². The van der Waals surface area contributed by atoms with Crippen LogP contribution in [-0.2, 0) is 6.42 Å². The van der Waals surface area contributed by atoms with E-state index in [9.17, 15) is 0 Å². The molecular weight excluding hydrogens is 216 g/mol. The maximum Gasteiger partial charge on any atom is 0.276 e. The molecule has 0 fully saturated rings. The first-order valence-corrected chi connectivity index (χ1v) is 4.34.